The fourth-order valence-electron chi connectivity index (χ4n) is 1.57. The lowest BCUT2D eigenvalue weighted by Gasteiger charge is -2.05. The van der Waals surface area contributed by atoms with Crippen molar-refractivity contribution in [3.8, 4) is 5.75 Å². The SMILES string of the molecule is CS(=O)(=O)c1ccc(OCc2occc2C(=O)O)cc1. The van der Waals surface area contributed by atoms with Crippen LogP contribution in [0.4, 0.5) is 0 Å². The molecule has 0 unspecified atom stereocenters. The van der Waals surface area contributed by atoms with Crippen LogP contribution in [0.5, 0.6) is 5.75 Å². The molecular weight excluding hydrogens is 284 g/mol. The molecule has 0 saturated heterocycles. The summed E-state index contributed by atoms with van der Waals surface area (Å²) < 4.78 is 33.0. The van der Waals surface area contributed by atoms with Crippen molar-refractivity contribution in [2.24, 2.45) is 0 Å². The molecule has 2 rings (SSSR count). The zero-order chi connectivity index (χ0) is 14.8. The summed E-state index contributed by atoms with van der Waals surface area (Å²) in [5.41, 5.74) is 0.0396. The molecule has 0 aliphatic heterocycles. The van der Waals surface area contributed by atoms with Gasteiger partial charge >= 0.3 is 5.97 Å². The third-order valence-electron chi connectivity index (χ3n) is 2.60. The van der Waals surface area contributed by atoms with Gasteiger partial charge in [0.15, 0.2) is 15.6 Å². The lowest BCUT2D eigenvalue weighted by molar-refractivity contribution is 0.0692. The second kappa shape index (κ2) is 5.38. The molecular formula is C13H12O6S. The average molecular weight is 296 g/mol. The number of carboxylic acid groups (broad SMARTS) is 1. The summed E-state index contributed by atoms with van der Waals surface area (Å²) in [4.78, 5) is 11.1. The van der Waals surface area contributed by atoms with Gasteiger partial charge in [0.25, 0.3) is 0 Å². The molecule has 0 saturated carbocycles. The quantitative estimate of drug-likeness (QED) is 0.906. The van der Waals surface area contributed by atoms with Gasteiger partial charge in [0, 0.05) is 6.26 Å². The molecule has 1 aromatic heterocycles. The maximum absolute atomic E-state index is 11.3. The fraction of sp³-hybridized carbons (Fsp3) is 0.154. The molecule has 0 aliphatic carbocycles. The van der Waals surface area contributed by atoms with Gasteiger partial charge in [0.2, 0.25) is 0 Å². The van der Waals surface area contributed by atoms with E-state index < -0.39 is 15.8 Å². The summed E-state index contributed by atoms with van der Waals surface area (Å²) in [5.74, 6) is -0.473. The number of carbonyl (C=O) groups is 1. The first kappa shape index (κ1) is 14.1. The Bertz CT molecular complexity index is 712. The van der Waals surface area contributed by atoms with Crippen LogP contribution >= 0.6 is 0 Å². The fourth-order valence-corrected chi connectivity index (χ4v) is 2.21. The molecule has 0 atom stereocenters. The Kier molecular flexibility index (Phi) is 3.80. The Morgan fingerprint density at radius 1 is 1.25 bits per heavy atom. The van der Waals surface area contributed by atoms with E-state index in [-0.39, 0.29) is 22.8 Å². The number of aromatic carboxylic acids is 1. The number of benzene rings is 1. The summed E-state index contributed by atoms with van der Waals surface area (Å²) in [6, 6.07) is 7.18. The molecule has 0 radical (unpaired) electrons. The minimum absolute atomic E-state index is 0.0396. The molecule has 2 aromatic rings. The Morgan fingerprint density at radius 3 is 2.45 bits per heavy atom. The number of furan rings is 1. The molecule has 0 bridgehead atoms. The molecule has 20 heavy (non-hydrogen) atoms. The zero-order valence-corrected chi connectivity index (χ0v) is 11.4. The predicted molar refractivity (Wildman–Crippen MR) is 69.6 cm³/mol. The van der Waals surface area contributed by atoms with Crippen LogP contribution in [0.2, 0.25) is 0 Å². The minimum Gasteiger partial charge on any atom is -0.486 e. The highest BCUT2D eigenvalue weighted by atomic mass is 32.2. The lowest BCUT2D eigenvalue weighted by Crippen LogP contribution is -2.03. The standard InChI is InChI=1S/C13H12O6S/c1-20(16,17)10-4-2-9(3-5-10)19-8-12-11(13(14)15)6-7-18-12/h2-7H,8H2,1H3,(H,14,15). The van der Waals surface area contributed by atoms with E-state index >= 15 is 0 Å². The first-order valence-electron chi connectivity index (χ1n) is 5.60. The Labute approximate surface area is 115 Å². The van der Waals surface area contributed by atoms with Crippen molar-refractivity contribution in [1.29, 1.82) is 0 Å². The Hall–Kier alpha value is -2.28. The molecule has 0 spiro atoms. The van der Waals surface area contributed by atoms with E-state index in [1.165, 1.54) is 36.6 Å². The summed E-state index contributed by atoms with van der Waals surface area (Å²) in [6.45, 7) is -0.0488. The normalized spacial score (nSPS) is 11.2. The highest BCUT2D eigenvalue weighted by molar-refractivity contribution is 7.90. The number of hydrogen-bond donors (Lipinski definition) is 1. The molecule has 1 N–H and O–H groups in total. The van der Waals surface area contributed by atoms with E-state index in [0.29, 0.717) is 5.75 Å². The van der Waals surface area contributed by atoms with Gasteiger partial charge in [0.1, 0.15) is 17.9 Å². The first-order valence-corrected chi connectivity index (χ1v) is 7.49. The van der Waals surface area contributed by atoms with E-state index in [0.717, 1.165) is 6.26 Å². The van der Waals surface area contributed by atoms with Crippen LogP contribution in [0.15, 0.2) is 45.9 Å². The Balaban J connectivity index is 2.08. The van der Waals surface area contributed by atoms with Gasteiger partial charge in [-0.2, -0.15) is 0 Å². The van der Waals surface area contributed by atoms with E-state index in [9.17, 15) is 13.2 Å². The van der Waals surface area contributed by atoms with Gasteiger partial charge in [-0.05, 0) is 30.3 Å². The lowest BCUT2D eigenvalue weighted by atomic mass is 10.2. The van der Waals surface area contributed by atoms with Crippen LogP contribution in [-0.4, -0.2) is 25.7 Å². The predicted octanol–water partition coefficient (Wildman–Crippen LogP) is 1.96. The van der Waals surface area contributed by atoms with Crippen LogP contribution in [0.25, 0.3) is 0 Å². The smallest absolute Gasteiger partial charge is 0.339 e. The maximum atomic E-state index is 11.3. The summed E-state index contributed by atoms with van der Waals surface area (Å²) in [5, 5.41) is 8.90. The van der Waals surface area contributed by atoms with Crippen molar-refractivity contribution >= 4 is 15.8 Å². The van der Waals surface area contributed by atoms with Gasteiger partial charge in [-0.3, -0.25) is 0 Å². The molecule has 0 amide bonds. The van der Waals surface area contributed by atoms with Gasteiger partial charge in [-0.15, -0.1) is 0 Å². The molecule has 106 valence electrons. The summed E-state index contributed by atoms with van der Waals surface area (Å²) in [6.07, 6.45) is 2.39. The molecule has 1 aromatic carbocycles. The van der Waals surface area contributed by atoms with Crippen molar-refractivity contribution < 1.29 is 27.5 Å². The molecule has 0 fully saturated rings. The number of sulfone groups is 1. The first-order chi connectivity index (χ1) is 9.38. The minimum atomic E-state index is -3.25. The highest BCUT2D eigenvalue weighted by Crippen LogP contribution is 2.18. The third-order valence-corrected chi connectivity index (χ3v) is 3.73. The topological polar surface area (TPSA) is 93.8 Å². The van der Waals surface area contributed by atoms with Crippen molar-refractivity contribution in [2.45, 2.75) is 11.5 Å². The van der Waals surface area contributed by atoms with Gasteiger partial charge in [-0.25, -0.2) is 13.2 Å². The second-order valence-electron chi connectivity index (χ2n) is 4.09. The van der Waals surface area contributed by atoms with Crippen LogP contribution in [0.3, 0.4) is 0 Å². The van der Waals surface area contributed by atoms with E-state index in [4.69, 9.17) is 14.3 Å². The molecule has 7 heteroatoms. The van der Waals surface area contributed by atoms with Crippen LogP contribution in [0, 0.1) is 0 Å². The maximum Gasteiger partial charge on any atom is 0.339 e. The van der Waals surface area contributed by atoms with Gasteiger partial charge < -0.3 is 14.3 Å². The molecule has 1 heterocycles. The number of ether oxygens (including phenoxy) is 1. The van der Waals surface area contributed by atoms with Crippen molar-refractivity contribution in [3.05, 3.63) is 47.9 Å². The molecule has 6 nitrogen and oxygen atoms in total. The van der Waals surface area contributed by atoms with Crippen LogP contribution in [0.1, 0.15) is 16.1 Å². The van der Waals surface area contributed by atoms with Crippen molar-refractivity contribution in [3.63, 3.8) is 0 Å². The molecule has 0 aliphatic rings. The highest BCUT2D eigenvalue weighted by Gasteiger charge is 2.14. The van der Waals surface area contributed by atoms with E-state index in [2.05, 4.69) is 0 Å². The van der Waals surface area contributed by atoms with Gasteiger partial charge in [0.05, 0.1) is 11.2 Å². The van der Waals surface area contributed by atoms with Crippen molar-refractivity contribution in [2.75, 3.05) is 6.26 Å². The zero-order valence-electron chi connectivity index (χ0n) is 10.6. The van der Waals surface area contributed by atoms with Crippen LogP contribution in [-0.2, 0) is 16.4 Å². The van der Waals surface area contributed by atoms with Crippen molar-refractivity contribution in [1.82, 2.24) is 0 Å². The van der Waals surface area contributed by atoms with E-state index in [1.807, 2.05) is 0 Å². The number of hydrogen-bond acceptors (Lipinski definition) is 5. The summed E-state index contributed by atoms with van der Waals surface area (Å²) in [7, 11) is -3.25. The van der Waals surface area contributed by atoms with E-state index in [1.54, 1.807) is 0 Å². The van der Waals surface area contributed by atoms with Crippen LogP contribution < -0.4 is 4.74 Å². The van der Waals surface area contributed by atoms with Gasteiger partial charge in [-0.1, -0.05) is 0 Å². The Morgan fingerprint density at radius 2 is 1.90 bits per heavy atom. The second-order valence-corrected chi connectivity index (χ2v) is 6.11. The number of carboxylic acids is 1. The summed E-state index contributed by atoms with van der Waals surface area (Å²) >= 11 is 0. The monoisotopic (exact) mass is 296 g/mol. The third kappa shape index (κ3) is 3.18. The average Bonchev–Trinajstić information content (AvgIpc) is 2.84. The number of rotatable bonds is 5. The largest absolute Gasteiger partial charge is 0.486 e.